The van der Waals surface area contributed by atoms with Crippen molar-refractivity contribution >= 4 is 17.5 Å². The van der Waals surface area contributed by atoms with Crippen LogP contribution in [-0.2, 0) is 9.59 Å². The van der Waals surface area contributed by atoms with E-state index in [0.717, 1.165) is 24.1 Å². The number of anilines is 1. The number of hydrogen-bond donors (Lipinski definition) is 1. The lowest BCUT2D eigenvalue weighted by atomic mass is 10.2. The molecule has 1 N–H and O–H groups in total. The van der Waals surface area contributed by atoms with Crippen molar-refractivity contribution in [3.05, 3.63) is 29.8 Å². The summed E-state index contributed by atoms with van der Waals surface area (Å²) in [5.41, 5.74) is 1.93. The van der Waals surface area contributed by atoms with Crippen LogP contribution in [0.1, 0.15) is 25.3 Å². The summed E-state index contributed by atoms with van der Waals surface area (Å²) in [5, 5.41) is 2.86. The Morgan fingerprint density at radius 2 is 1.94 bits per heavy atom. The average Bonchev–Trinajstić information content (AvgIpc) is 2.81. The summed E-state index contributed by atoms with van der Waals surface area (Å²) in [6, 6.07) is 7.34. The Hall–Kier alpha value is -1.84. The van der Waals surface area contributed by atoms with Gasteiger partial charge in [0.2, 0.25) is 11.8 Å². The molecule has 1 aliphatic rings. The molecule has 4 nitrogen and oxygen atoms in total. The number of rotatable bonds is 2. The van der Waals surface area contributed by atoms with Crippen LogP contribution in [0.4, 0.5) is 5.69 Å². The third-order valence-corrected chi connectivity index (χ3v) is 3.28. The molecular formula is C14H18N2O2. The second-order valence-electron chi connectivity index (χ2n) is 4.73. The van der Waals surface area contributed by atoms with Crippen molar-refractivity contribution in [2.24, 2.45) is 0 Å². The maximum absolute atomic E-state index is 12.1. The summed E-state index contributed by atoms with van der Waals surface area (Å²) >= 11 is 0. The van der Waals surface area contributed by atoms with Crippen LogP contribution in [0.25, 0.3) is 0 Å². The highest BCUT2D eigenvalue weighted by Gasteiger charge is 2.32. The summed E-state index contributed by atoms with van der Waals surface area (Å²) in [4.78, 5) is 25.2. The van der Waals surface area contributed by atoms with Crippen LogP contribution in [0, 0.1) is 6.92 Å². The molecule has 0 radical (unpaired) electrons. The van der Waals surface area contributed by atoms with Crippen molar-refractivity contribution in [2.75, 3.05) is 11.9 Å². The average molecular weight is 246 g/mol. The number of amides is 2. The van der Waals surface area contributed by atoms with E-state index in [0.29, 0.717) is 6.54 Å². The quantitative estimate of drug-likeness (QED) is 0.867. The minimum absolute atomic E-state index is 0.0310. The zero-order valence-electron chi connectivity index (χ0n) is 10.8. The first-order valence-corrected chi connectivity index (χ1v) is 6.22. The van der Waals surface area contributed by atoms with Crippen molar-refractivity contribution in [1.82, 2.24) is 4.90 Å². The van der Waals surface area contributed by atoms with E-state index < -0.39 is 0 Å². The van der Waals surface area contributed by atoms with Gasteiger partial charge in [-0.2, -0.15) is 0 Å². The SMILES string of the molecule is CC(=O)N1CCC[C@H]1C(=O)Nc1ccc(C)cc1. The van der Waals surface area contributed by atoms with Crippen LogP contribution in [0.3, 0.4) is 0 Å². The monoisotopic (exact) mass is 246 g/mol. The van der Waals surface area contributed by atoms with Gasteiger partial charge in [0.05, 0.1) is 0 Å². The van der Waals surface area contributed by atoms with Gasteiger partial charge in [0.15, 0.2) is 0 Å². The Balaban J connectivity index is 2.03. The maximum Gasteiger partial charge on any atom is 0.247 e. The van der Waals surface area contributed by atoms with Gasteiger partial charge < -0.3 is 10.2 Å². The minimum atomic E-state index is -0.316. The highest BCUT2D eigenvalue weighted by Crippen LogP contribution is 2.19. The zero-order chi connectivity index (χ0) is 13.1. The first kappa shape index (κ1) is 12.6. The Bertz CT molecular complexity index is 453. The summed E-state index contributed by atoms with van der Waals surface area (Å²) in [6.45, 7) is 4.19. The number of benzene rings is 1. The molecule has 2 rings (SSSR count). The maximum atomic E-state index is 12.1. The first-order valence-electron chi connectivity index (χ1n) is 6.22. The van der Waals surface area contributed by atoms with Gasteiger partial charge in [-0.3, -0.25) is 9.59 Å². The van der Waals surface area contributed by atoms with E-state index in [1.54, 1.807) is 4.90 Å². The van der Waals surface area contributed by atoms with Gasteiger partial charge in [-0.1, -0.05) is 17.7 Å². The fraction of sp³-hybridized carbons (Fsp3) is 0.429. The zero-order valence-corrected chi connectivity index (χ0v) is 10.8. The molecule has 4 heteroatoms. The third kappa shape index (κ3) is 2.70. The van der Waals surface area contributed by atoms with Crippen LogP contribution in [-0.4, -0.2) is 29.3 Å². The van der Waals surface area contributed by atoms with Crippen molar-refractivity contribution in [2.45, 2.75) is 32.7 Å². The van der Waals surface area contributed by atoms with Gasteiger partial charge in [-0.25, -0.2) is 0 Å². The molecule has 0 unspecified atom stereocenters. The molecule has 1 saturated heterocycles. The smallest absolute Gasteiger partial charge is 0.247 e. The lowest BCUT2D eigenvalue weighted by Gasteiger charge is -2.22. The van der Waals surface area contributed by atoms with Crippen molar-refractivity contribution in [3.8, 4) is 0 Å². The summed E-state index contributed by atoms with van der Waals surface area (Å²) < 4.78 is 0. The van der Waals surface area contributed by atoms with Crippen LogP contribution in [0.15, 0.2) is 24.3 Å². The van der Waals surface area contributed by atoms with Crippen molar-refractivity contribution in [1.29, 1.82) is 0 Å². The number of nitrogens with one attached hydrogen (secondary N) is 1. The first-order chi connectivity index (χ1) is 8.58. The third-order valence-electron chi connectivity index (χ3n) is 3.28. The molecule has 0 aromatic heterocycles. The molecule has 18 heavy (non-hydrogen) atoms. The lowest BCUT2D eigenvalue weighted by molar-refractivity contribution is -0.134. The van der Waals surface area contributed by atoms with Crippen LogP contribution < -0.4 is 5.32 Å². The fourth-order valence-corrected chi connectivity index (χ4v) is 2.28. The molecule has 0 saturated carbocycles. The molecular weight excluding hydrogens is 228 g/mol. The Kier molecular flexibility index (Phi) is 3.65. The van der Waals surface area contributed by atoms with Crippen molar-refractivity contribution in [3.63, 3.8) is 0 Å². The number of carbonyl (C=O) groups is 2. The molecule has 96 valence electrons. The topological polar surface area (TPSA) is 49.4 Å². The number of carbonyl (C=O) groups excluding carboxylic acids is 2. The van der Waals surface area contributed by atoms with Gasteiger partial charge in [0, 0.05) is 19.2 Å². The van der Waals surface area contributed by atoms with E-state index in [-0.39, 0.29) is 17.9 Å². The fourth-order valence-electron chi connectivity index (χ4n) is 2.28. The standard InChI is InChI=1S/C14H18N2O2/c1-10-5-7-12(8-6-10)15-14(18)13-4-3-9-16(13)11(2)17/h5-8,13H,3-4,9H2,1-2H3,(H,15,18)/t13-/m0/s1. The molecule has 1 atom stereocenters. The van der Waals surface area contributed by atoms with E-state index in [4.69, 9.17) is 0 Å². The van der Waals surface area contributed by atoms with Gasteiger partial charge in [-0.15, -0.1) is 0 Å². The van der Waals surface area contributed by atoms with E-state index in [9.17, 15) is 9.59 Å². The Labute approximate surface area is 107 Å². The number of hydrogen-bond acceptors (Lipinski definition) is 2. The molecule has 1 fully saturated rings. The van der Waals surface area contributed by atoms with Gasteiger partial charge in [0.1, 0.15) is 6.04 Å². The van der Waals surface area contributed by atoms with E-state index in [1.165, 1.54) is 6.92 Å². The Morgan fingerprint density at radius 3 is 2.56 bits per heavy atom. The molecule has 1 heterocycles. The van der Waals surface area contributed by atoms with E-state index >= 15 is 0 Å². The van der Waals surface area contributed by atoms with E-state index in [2.05, 4.69) is 5.32 Å². The predicted octanol–water partition coefficient (Wildman–Crippen LogP) is 1.94. The molecule has 1 aliphatic heterocycles. The molecule has 1 aromatic carbocycles. The second-order valence-corrected chi connectivity index (χ2v) is 4.73. The molecule has 0 bridgehead atoms. The largest absolute Gasteiger partial charge is 0.331 e. The second kappa shape index (κ2) is 5.21. The summed E-state index contributed by atoms with van der Waals surface area (Å²) in [6.07, 6.45) is 1.64. The van der Waals surface area contributed by atoms with Gasteiger partial charge in [-0.05, 0) is 31.9 Å². The molecule has 0 aliphatic carbocycles. The number of likely N-dealkylation sites (tertiary alicyclic amines) is 1. The predicted molar refractivity (Wildman–Crippen MR) is 70.2 cm³/mol. The summed E-state index contributed by atoms with van der Waals surface area (Å²) in [5.74, 6) is -0.122. The van der Waals surface area contributed by atoms with Gasteiger partial charge in [0.25, 0.3) is 0 Å². The minimum Gasteiger partial charge on any atom is -0.331 e. The molecule has 0 spiro atoms. The molecule has 2 amide bonds. The highest BCUT2D eigenvalue weighted by atomic mass is 16.2. The normalized spacial score (nSPS) is 18.8. The van der Waals surface area contributed by atoms with Crippen LogP contribution >= 0.6 is 0 Å². The molecule has 1 aromatic rings. The van der Waals surface area contributed by atoms with Crippen molar-refractivity contribution < 1.29 is 9.59 Å². The van der Waals surface area contributed by atoms with Crippen LogP contribution in [0.2, 0.25) is 0 Å². The van der Waals surface area contributed by atoms with E-state index in [1.807, 2.05) is 31.2 Å². The van der Waals surface area contributed by atoms with Crippen LogP contribution in [0.5, 0.6) is 0 Å². The summed E-state index contributed by atoms with van der Waals surface area (Å²) in [7, 11) is 0. The number of nitrogens with zero attached hydrogens (tertiary/aromatic N) is 1. The highest BCUT2D eigenvalue weighted by molar-refractivity contribution is 5.97. The number of aryl methyl sites for hydroxylation is 1. The lowest BCUT2D eigenvalue weighted by Crippen LogP contribution is -2.42. The Morgan fingerprint density at radius 1 is 1.28 bits per heavy atom. The van der Waals surface area contributed by atoms with Gasteiger partial charge >= 0.3 is 0 Å².